The van der Waals surface area contributed by atoms with Gasteiger partial charge in [0.1, 0.15) is 5.75 Å². The number of rotatable bonds is 7. The van der Waals surface area contributed by atoms with Gasteiger partial charge in [-0.3, -0.25) is 9.36 Å². The van der Waals surface area contributed by atoms with Crippen LogP contribution < -0.4 is 5.43 Å². The first-order valence-electron chi connectivity index (χ1n) is 10.7. The molecule has 0 bridgehead atoms. The van der Waals surface area contributed by atoms with Gasteiger partial charge >= 0.3 is 0 Å². The van der Waals surface area contributed by atoms with Gasteiger partial charge in [-0.15, -0.1) is 10.2 Å². The number of aromatic hydroxyl groups is 1. The number of thioether (sulfide) groups is 1. The van der Waals surface area contributed by atoms with Gasteiger partial charge in [0.2, 0.25) is 0 Å². The highest BCUT2D eigenvalue weighted by Crippen LogP contribution is 2.35. The van der Waals surface area contributed by atoms with Gasteiger partial charge < -0.3 is 5.11 Å². The molecule has 3 aromatic rings. The first-order valence-corrected chi connectivity index (χ1v) is 12.8. The highest BCUT2D eigenvalue weighted by atomic mass is 79.9. The van der Waals surface area contributed by atoms with E-state index in [4.69, 9.17) is 11.6 Å². The second kappa shape index (κ2) is 11.2. The molecule has 4 rings (SSSR count). The van der Waals surface area contributed by atoms with Crippen LogP contribution >= 0.6 is 39.3 Å². The van der Waals surface area contributed by atoms with Crippen LogP contribution in [-0.4, -0.2) is 37.7 Å². The third-order valence-electron chi connectivity index (χ3n) is 5.42. The largest absolute Gasteiger partial charge is 0.507 e. The minimum atomic E-state index is -0.267. The highest BCUT2D eigenvalue weighted by molar-refractivity contribution is 9.10. The van der Waals surface area contributed by atoms with Crippen LogP contribution in [0.2, 0.25) is 5.02 Å². The number of benzene rings is 2. The standard InChI is InChI=1S/C23H23BrClN5O2S/c24-17-8-11-20(31)16(12-17)13-26-27-21(32)14-33-23-29-28-22(15-6-9-18(25)10-7-15)30(23)19-4-2-1-3-5-19/h6-13,19,31H,1-5,14H2,(H,27,32). The monoisotopic (exact) mass is 547 g/mol. The maximum absolute atomic E-state index is 12.4. The van der Waals surface area contributed by atoms with E-state index in [-0.39, 0.29) is 17.4 Å². The van der Waals surface area contributed by atoms with Crippen LogP contribution in [0.1, 0.15) is 43.7 Å². The first kappa shape index (κ1) is 23.8. The van der Waals surface area contributed by atoms with Crippen molar-refractivity contribution in [2.45, 2.75) is 43.3 Å². The fourth-order valence-electron chi connectivity index (χ4n) is 3.80. The molecule has 1 aromatic heterocycles. The quantitative estimate of drug-likeness (QED) is 0.221. The lowest BCUT2D eigenvalue weighted by atomic mass is 9.95. The van der Waals surface area contributed by atoms with Crippen molar-refractivity contribution in [3.63, 3.8) is 0 Å². The molecule has 1 aliphatic rings. The molecule has 0 atom stereocenters. The summed E-state index contributed by atoms with van der Waals surface area (Å²) in [5.74, 6) is 0.760. The summed E-state index contributed by atoms with van der Waals surface area (Å²) in [6.45, 7) is 0. The maximum atomic E-state index is 12.4. The molecule has 1 saturated carbocycles. The lowest BCUT2D eigenvalue weighted by molar-refractivity contribution is -0.118. The molecule has 1 aliphatic carbocycles. The normalized spacial score (nSPS) is 14.6. The Kier molecular flexibility index (Phi) is 8.06. The molecule has 2 N–H and O–H groups in total. The average Bonchev–Trinajstić information content (AvgIpc) is 3.25. The van der Waals surface area contributed by atoms with Gasteiger partial charge in [0.15, 0.2) is 11.0 Å². The number of halogens is 2. The van der Waals surface area contributed by atoms with Gasteiger partial charge in [-0.1, -0.05) is 58.6 Å². The third-order valence-corrected chi connectivity index (χ3v) is 7.11. The van der Waals surface area contributed by atoms with Crippen molar-refractivity contribution < 1.29 is 9.90 Å². The second-order valence-electron chi connectivity index (χ2n) is 7.76. The number of hydrogen-bond donors (Lipinski definition) is 2. The van der Waals surface area contributed by atoms with Crippen molar-refractivity contribution in [3.8, 4) is 17.1 Å². The summed E-state index contributed by atoms with van der Waals surface area (Å²) in [6, 6.07) is 12.9. The van der Waals surface area contributed by atoms with E-state index in [2.05, 4.69) is 41.2 Å². The number of hydrogen-bond acceptors (Lipinski definition) is 6. The number of aromatic nitrogens is 3. The zero-order valence-electron chi connectivity index (χ0n) is 17.7. The van der Waals surface area contributed by atoms with Crippen LogP contribution in [0.25, 0.3) is 11.4 Å². The van der Waals surface area contributed by atoms with Gasteiger partial charge in [0.05, 0.1) is 12.0 Å². The summed E-state index contributed by atoms with van der Waals surface area (Å²) in [4.78, 5) is 12.4. The zero-order chi connectivity index (χ0) is 23.2. The van der Waals surface area contributed by atoms with Crippen LogP contribution in [-0.2, 0) is 4.79 Å². The van der Waals surface area contributed by atoms with Gasteiger partial charge in [-0.25, -0.2) is 5.43 Å². The Hall–Kier alpha value is -2.36. The molecule has 172 valence electrons. The Morgan fingerprint density at radius 3 is 2.73 bits per heavy atom. The number of phenols is 1. The third kappa shape index (κ3) is 6.16. The first-order chi connectivity index (χ1) is 16.0. The van der Waals surface area contributed by atoms with Gasteiger partial charge in [-0.05, 0) is 55.3 Å². The van der Waals surface area contributed by atoms with Crippen molar-refractivity contribution >= 4 is 51.4 Å². The second-order valence-corrected chi connectivity index (χ2v) is 10.1. The SMILES string of the molecule is O=C(CSc1nnc(-c2ccc(Cl)cc2)n1C1CCCCC1)NN=Cc1cc(Br)ccc1O. The molecule has 0 aliphatic heterocycles. The molecule has 1 fully saturated rings. The zero-order valence-corrected chi connectivity index (χ0v) is 20.9. The smallest absolute Gasteiger partial charge is 0.250 e. The molecule has 0 unspecified atom stereocenters. The van der Waals surface area contributed by atoms with Gasteiger partial charge in [0, 0.05) is 26.7 Å². The summed E-state index contributed by atoms with van der Waals surface area (Å²) in [5.41, 5.74) is 3.96. The fourth-order valence-corrected chi connectivity index (χ4v) is 5.11. The minimum Gasteiger partial charge on any atom is -0.507 e. The number of nitrogens with zero attached hydrogens (tertiary/aromatic N) is 4. The molecule has 0 spiro atoms. The van der Waals surface area contributed by atoms with E-state index < -0.39 is 0 Å². The fraction of sp³-hybridized carbons (Fsp3) is 0.304. The maximum Gasteiger partial charge on any atom is 0.250 e. The van der Waals surface area contributed by atoms with Gasteiger partial charge in [-0.2, -0.15) is 5.10 Å². The predicted molar refractivity (Wildman–Crippen MR) is 135 cm³/mol. The average molecular weight is 549 g/mol. The van der Waals surface area contributed by atoms with Crippen molar-refractivity contribution in [2.75, 3.05) is 5.75 Å². The van der Waals surface area contributed by atoms with E-state index >= 15 is 0 Å². The van der Waals surface area contributed by atoms with E-state index in [1.165, 1.54) is 37.2 Å². The number of carbonyl (C=O) groups excluding carboxylic acids is 1. The molecule has 1 amide bonds. The number of nitrogens with one attached hydrogen (secondary N) is 1. The lowest BCUT2D eigenvalue weighted by Gasteiger charge is -2.25. The van der Waals surface area contributed by atoms with Crippen molar-refractivity contribution in [1.29, 1.82) is 0 Å². The summed E-state index contributed by atoms with van der Waals surface area (Å²) in [7, 11) is 0. The highest BCUT2D eigenvalue weighted by Gasteiger charge is 2.24. The van der Waals surface area contributed by atoms with E-state index in [9.17, 15) is 9.90 Å². The Morgan fingerprint density at radius 2 is 1.97 bits per heavy atom. The van der Waals surface area contributed by atoms with E-state index in [1.54, 1.807) is 18.2 Å². The summed E-state index contributed by atoms with van der Waals surface area (Å²) >= 11 is 10.7. The molecule has 7 nitrogen and oxygen atoms in total. The Morgan fingerprint density at radius 1 is 1.21 bits per heavy atom. The predicted octanol–water partition coefficient (Wildman–Crippen LogP) is 5.81. The molecule has 10 heteroatoms. The molecular weight excluding hydrogens is 526 g/mol. The van der Waals surface area contributed by atoms with E-state index in [0.29, 0.717) is 16.6 Å². The summed E-state index contributed by atoms with van der Waals surface area (Å²) < 4.78 is 2.98. The molecule has 0 radical (unpaired) electrons. The Labute approximate surface area is 209 Å². The van der Waals surface area contributed by atoms with Crippen LogP contribution in [0.3, 0.4) is 0 Å². The Bertz CT molecular complexity index is 1150. The van der Waals surface area contributed by atoms with Crippen LogP contribution in [0.4, 0.5) is 0 Å². The van der Waals surface area contributed by atoms with E-state index in [0.717, 1.165) is 33.9 Å². The minimum absolute atomic E-state index is 0.0842. The molecule has 0 saturated heterocycles. The number of amides is 1. The number of phenolic OH excluding ortho intramolecular Hbond substituents is 1. The van der Waals surface area contributed by atoms with Crippen LogP contribution in [0, 0.1) is 0 Å². The topological polar surface area (TPSA) is 92.4 Å². The van der Waals surface area contributed by atoms with Crippen LogP contribution in [0.15, 0.2) is 57.2 Å². The summed E-state index contributed by atoms with van der Waals surface area (Å²) in [6.07, 6.45) is 7.13. The number of hydrazone groups is 1. The molecule has 2 aromatic carbocycles. The lowest BCUT2D eigenvalue weighted by Crippen LogP contribution is -2.20. The molecule has 1 heterocycles. The Balaban J connectivity index is 1.46. The van der Waals surface area contributed by atoms with Gasteiger partial charge in [0.25, 0.3) is 5.91 Å². The van der Waals surface area contributed by atoms with Crippen molar-refractivity contribution in [2.24, 2.45) is 5.10 Å². The molecule has 33 heavy (non-hydrogen) atoms. The number of carbonyl (C=O) groups is 1. The molecular formula is C23H23BrClN5O2S. The summed E-state index contributed by atoms with van der Waals surface area (Å²) in [5, 5.41) is 24.1. The van der Waals surface area contributed by atoms with Crippen molar-refractivity contribution in [1.82, 2.24) is 20.2 Å². The van der Waals surface area contributed by atoms with Crippen molar-refractivity contribution in [3.05, 3.63) is 57.5 Å². The van der Waals surface area contributed by atoms with E-state index in [1.807, 2.05) is 24.3 Å². The van der Waals surface area contributed by atoms with Crippen LogP contribution in [0.5, 0.6) is 5.75 Å².